The Kier molecular flexibility index (Phi) is 5.12. The standard InChI is InChI=1S/C15H19NO4S/c1-3-20-15(18)12-8-6-10-16(12)14(17)11-7-4-5-9-13(11)21(2)19/h4-5,7,9,12H,3,6,8,10H2,1-2H3/t12-,21?/m0/s1. The minimum absolute atomic E-state index is 0.253. The van der Waals surface area contributed by atoms with Crippen molar-refractivity contribution in [2.24, 2.45) is 0 Å². The number of benzene rings is 1. The summed E-state index contributed by atoms with van der Waals surface area (Å²) in [7, 11) is -1.25. The van der Waals surface area contributed by atoms with E-state index in [0.717, 1.165) is 6.42 Å². The second kappa shape index (κ2) is 6.85. The lowest BCUT2D eigenvalue weighted by Gasteiger charge is -2.23. The molecule has 1 aliphatic rings. The third-order valence-corrected chi connectivity index (χ3v) is 4.47. The van der Waals surface area contributed by atoms with E-state index >= 15 is 0 Å². The minimum atomic E-state index is -1.25. The van der Waals surface area contributed by atoms with E-state index in [1.165, 1.54) is 4.90 Å². The second-order valence-electron chi connectivity index (χ2n) is 4.86. The molecule has 1 aromatic rings. The van der Waals surface area contributed by atoms with E-state index in [9.17, 15) is 13.8 Å². The van der Waals surface area contributed by atoms with Crippen LogP contribution in [-0.2, 0) is 20.3 Å². The summed E-state index contributed by atoms with van der Waals surface area (Å²) in [6, 6.07) is 6.29. The van der Waals surface area contributed by atoms with Crippen LogP contribution >= 0.6 is 0 Å². The summed E-state index contributed by atoms with van der Waals surface area (Å²) in [6.45, 7) is 2.56. The highest BCUT2D eigenvalue weighted by atomic mass is 32.2. The summed E-state index contributed by atoms with van der Waals surface area (Å²) in [5.74, 6) is -0.616. The second-order valence-corrected chi connectivity index (χ2v) is 6.21. The van der Waals surface area contributed by atoms with E-state index in [1.54, 1.807) is 37.4 Å². The van der Waals surface area contributed by atoms with E-state index in [0.29, 0.717) is 30.0 Å². The Bertz CT molecular complexity index is 573. The summed E-state index contributed by atoms with van der Waals surface area (Å²) in [5, 5.41) is 0. The summed E-state index contributed by atoms with van der Waals surface area (Å²) in [6.07, 6.45) is 2.92. The van der Waals surface area contributed by atoms with Gasteiger partial charge in [0.2, 0.25) is 0 Å². The maximum absolute atomic E-state index is 12.7. The zero-order chi connectivity index (χ0) is 15.4. The molecule has 1 fully saturated rings. The van der Waals surface area contributed by atoms with Gasteiger partial charge in [0.15, 0.2) is 0 Å². The van der Waals surface area contributed by atoms with Gasteiger partial charge in [-0.05, 0) is 31.9 Å². The number of hydrogen-bond acceptors (Lipinski definition) is 4. The molecule has 0 aromatic heterocycles. The van der Waals surface area contributed by atoms with Gasteiger partial charge < -0.3 is 9.64 Å². The molecule has 2 rings (SSSR count). The van der Waals surface area contributed by atoms with Crippen LogP contribution in [0, 0.1) is 0 Å². The number of rotatable bonds is 4. The molecule has 21 heavy (non-hydrogen) atoms. The van der Waals surface area contributed by atoms with E-state index in [-0.39, 0.29) is 11.9 Å². The van der Waals surface area contributed by atoms with Crippen molar-refractivity contribution >= 4 is 22.7 Å². The molecule has 0 aliphatic carbocycles. The number of likely N-dealkylation sites (tertiary alicyclic amines) is 1. The number of hydrogen-bond donors (Lipinski definition) is 0. The Morgan fingerprint density at radius 1 is 1.38 bits per heavy atom. The number of amides is 1. The van der Waals surface area contributed by atoms with Crippen LogP contribution in [0.25, 0.3) is 0 Å². The molecule has 1 saturated heterocycles. The van der Waals surface area contributed by atoms with Crippen LogP contribution in [0.1, 0.15) is 30.1 Å². The van der Waals surface area contributed by atoms with Gasteiger partial charge in [0.1, 0.15) is 6.04 Å². The third-order valence-electron chi connectivity index (χ3n) is 3.50. The normalized spacial score (nSPS) is 19.3. The quantitative estimate of drug-likeness (QED) is 0.792. The first-order chi connectivity index (χ1) is 10.1. The van der Waals surface area contributed by atoms with Gasteiger partial charge >= 0.3 is 5.97 Å². The van der Waals surface area contributed by atoms with Crippen molar-refractivity contribution in [3.8, 4) is 0 Å². The van der Waals surface area contributed by atoms with E-state index < -0.39 is 16.8 Å². The average Bonchev–Trinajstić information content (AvgIpc) is 2.96. The lowest BCUT2D eigenvalue weighted by molar-refractivity contribution is -0.147. The lowest BCUT2D eigenvalue weighted by atomic mass is 10.1. The van der Waals surface area contributed by atoms with Gasteiger partial charge in [-0.2, -0.15) is 0 Å². The first-order valence-corrected chi connectivity index (χ1v) is 8.52. The van der Waals surface area contributed by atoms with Crippen LogP contribution in [0.3, 0.4) is 0 Å². The SMILES string of the molecule is CCOC(=O)[C@@H]1CCCN1C(=O)c1ccccc1S(C)=O. The van der Waals surface area contributed by atoms with Crippen LogP contribution < -0.4 is 0 Å². The monoisotopic (exact) mass is 309 g/mol. The van der Waals surface area contributed by atoms with Crippen LogP contribution in [0.2, 0.25) is 0 Å². The van der Waals surface area contributed by atoms with E-state index in [1.807, 2.05) is 0 Å². The summed E-state index contributed by atoms with van der Waals surface area (Å²) in [5.41, 5.74) is 0.398. The van der Waals surface area contributed by atoms with Gasteiger partial charge in [0.25, 0.3) is 5.91 Å². The zero-order valence-corrected chi connectivity index (χ0v) is 13.0. The topological polar surface area (TPSA) is 63.7 Å². The molecule has 6 heteroatoms. The highest BCUT2D eigenvalue weighted by Gasteiger charge is 2.36. The van der Waals surface area contributed by atoms with Crippen LogP contribution in [0.15, 0.2) is 29.2 Å². The van der Waals surface area contributed by atoms with Gasteiger partial charge in [0, 0.05) is 12.8 Å². The van der Waals surface area contributed by atoms with Crippen LogP contribution in [-0.4, -0.2) is 46.4 Å². The molecule has 1 aromatic carbocycles. The first-order valence-electron chi connectivity index (χ1n) is 6.96. The van der Waals surface area contributed by atoms with Crippen molar-refractivity contribution < 1.29 is 18.5 Å². The van der Waals surface area contributed by atoms with Gasteiger partial charge in [0.05, 0.1) is 27.9 Å². The number of carbonyl (C=O) groups is 2. The molecule has 1 unspecified atom stereocenters. The zero-order valence-electron chi connectivity index (χ0n) is 12.2. The van der Waals surface area contributed by atoms with Crippen molar-refractivity contribution in [3.63, 3.8) is 0 Å². The molecule has 114 valence electrons. The molecule has 0 N–H and O–H groups in total. The van der Waals surface area contributed by atoms with Crippen molar-refractivity contribution in [1.29, 1.82) is 0 Å². The molecule has 2 atom stereocenters. The number of nitrogens with zero attached hydrogens (tertiary/aromatic N) is 1. The Hall–Kier alpha value is -1.69. The molecule has 0 spiro atoms. The maximum atomic E-state index is 12.7. The molecular formula is C15H19NO4S. The Balaban J connectivity index is 2.27. The predicted molar refractivity (Wildman–Crippen MR) is 79.5 cm³/mol. The highest BCUT2D eigenvalue weighted by Crippen LogP contribution is 2.23. The first kappa shape index (κ1) is 15.7. The van der Waals surface area contributed by atoms with E-state index in [4.69, 9.17) is 4.74 Å². The smallest absolute Gasteiger partial charge is 0.328 e. The molecule has 1 heterocycles. The van der Waals surface area contributed by atoms with E-state index in [2.05, 4.69) is 0 Å². The molecular weight excluding hydrogens is 290 g/mol. The van der Waals surface area contributed by atoms with Gasteiger partial charge in [-0.1, -0.05) is 12.1 Å². The number of esters is 1. The van der Waals surface area contributed by atoms with Crippen molar-refractivity contribution in [2.75, 3.05) is 19.4 Å². The third kappa shape index (κ3) is 3.32. The molecule has 0 radical (unpaired) electrons. The molecule has 0 bridgehead atoms. The van der Waals surface area contributed by atoms with Crippen LogP contribution in [0.5, 0.6) is 0 Å². The highest BCUT2D eigenvalue weighted by molar-refractivity contribution is 7.84. The molecule has 5 nitrogen and oxygen atoms in total. The summed E-state index contributed by atoms with van der Waals surface area (Å²) >= 11 is 0. The largest absolute Gasteiger partial charge is 0.464 e. The van der Waals surface area contributed by atoms with Crippen molar-refractivity contribution in [3.05, 3.63) is 29.8 Å². The Morgan fingerprint density at radius 3 is 2.76 bits per heavy atom. The fourth-order valence-electron chi connectivity index (χ4n) is 2.54. The maximum Gasteiger partial charge on any atom is 0.328 e. The molecule has 0 saturated carbocycles. The van der Waals surface area contributed by atoms with Crippen LogP contribution in [0.4, 0.5) is 0 Å². The van der Waals surface area contributed by atoms with Gasteiger partial charge in [-0.25, -0.2) is 4.79 Å². The molecule has 1 aliphatic heterocycles. The Labute approximate surface area is 126 Å². The minimum Gasteiger partial charge on any atom is -0.464 e. The average molecular weight is 309 g/mol. The summed E-state index contributed by atoms with van der Waals surface area (Å²) < 4.78 is 16.8. The number of ether oxygens (including phenoxy) is 1. The predicted octanol–water partition coefficient (Wildman–Crippen LogP) is 1.59. The fraction of sp³-hybridized carbons (Fsp3) is 0.467. The van der Waals surface area contributed by atoms with Crippen molar-refractivity contribution in [2.45, 2.75) is 30.7 Å². The Morgan fingerprint density at radius 2 is 2.10 bits per heavy atom. The number of carbonyl (C=O) groups excluding carboxylic acids is 2. The molecule has 1 amide bonds. The van der Waals surface area contributed by atoms with Crippen molar-refractivity contribution in [1.82, 2.24) is 4.90 Å². The lowest BCUT2D eigenvalue weighted by Crippen LogP contribution is -2.41. The van der Waals surface area contributed by atoms with Gasteiger partial charge in [-0.3, -0.25) is 9.00 Å². The summed E-state index contributed by atoms with van der Waals surface area (Å²) in [4.78, 5) is 26.6. The fourth-order valence-corrected chi connectivity index (χ4v) is 3.28. The van der Waals surface area contributed by atoms with Gasteiger partial charge in [-0.15, -0.1) is 0 Å².